The molecule has 23 heavy (non-hydrogen) atoms. The van der Waals surface area contributed by atoms with Gasteiger partial charge in [-0.3, -0.25) is 10.1 Å². The van der Waals surface area contributed by atoms with E-state index in [1.807, 2.05) is 0 Å². The van der Waals surface area contributed by atoms with Crippen LogP contribution in [0, 0.1) is 20.2 Å². The number of nitroso groups, excluding NO2 is 1. The lowest BCUT2D eigenvalue weighted by Crippen LogP contribution is -2.42. The summed E-state index contributed by atoms with van der Waals surface area (Å²) in [5.41, 5.74) is 0.886. The van der Waals surface area contributed by atoms with Crippen molar-refractivity contribution < 1.29 is 9.68 Å². The van der Waals surface area contributed by atoms with Gasteiger partial charge in [0.25, 0.3) is 5.69 Å². The van der Waals surface area contributed by atoms with E-state index >= 15 is 0 Å². The van der Waals surface area contributed by atoms with Gasteiger partial charge in [-0.25, -0.2) is 4.65 Å². The SMILES string of the molecule is O=[N+]([O-])c1cccc2c1[N+]1([O-])Cc3cc(Cl)ccc3C=C1[N+]2=O. The van der Waals surface area contributed by atoms with Gasteiger partial charge in [-0.1, -0.05) is 17.7 Å². The molecule has 2 aliphatic heterocycles. The minimum absolute atomic E-state index is 0.0133. The lowest BCUT2D eigenvalue weighted by atomic mass is 10.0. The van der Waals surface area contributed by atoms with E-state index in [0.29, 0.717) is 20.9 Å². The van der Waals surface area contributed by atoms with Crippen LogP contribution in [0.2, 0.25) is 5.02 Å². The third-order valence-corrected chi connectivity index (χ3v) is 4.37. The molecule has 0 spiro atoms. The highest BCUT2D eigenvalue weighted by atomic mass is 35.5. The number of nitro groups is 1. The van der Waals surface area contributed by atoms with Crippen molar-refractivity contribution in [1.29, 1.82) is 0 Å². The summed E-state index contributed by atoms with van der Waals surface area (Å²) in [6.07, 6.45) is 1.47. The van der Waals surface area contributed by atoms with Crippen molar-refractivity contribution >= 4 is 34.7 Å². The van der Waals surface area contributed by atoms with Crippen LogP contribution < -0.4 is 4.65 Å². The molecular formula is C15H9ClN3O4+. The van der Waals surface area contributed by atoms with Crippen LogP contribution in [-0.2, 0) is 6.54 Å². The van der Waals surface area contributed by atoms with E-state index in [2.05, 4.69) is 0 Å². The number of hydrogen-bond donors (Lipinski definition) is 0. The van der Waals surface area contributed by atoms with E-state index in [4.69, 9.17) is 11.6 Å². The monoisotopic (exact) mass is 330 g/mol. The highest BCUT2D eigenvalue weighted by Crippen LogP contribution is 2.53. The summed E-state index contributed by atoms with van der Waals surface area (Å²) in [4.78, 5) is 23.1. The van der Waals surface area contributed by atoms with E-state index in [-0.39, 0.29) is 29.4 Å². The van der Waals surface area contributed by atoms with Crippen LogP contribution in [0.1, 0.15) is 11.1 Å². The Morgan fingerprint density at radius 2 is 2.04 bits per heavy atom. The fourth-order valence-corrected chi connectivity index (χ4v) is 3.33. The topological polar surface area (TPSA) is 86.3 Å². The van der Waals surface area contributed by atoms with E-state index in [1.54, 1.807) is 18.2 Å². The molecule has 4 rings (SSSR count). The van der Waals surface area contributed by atoms with Crippen LogP contribution in [0.3, 0.4) is 0 Å². The summed E-state index contributed by atoms with van der Waals surface area (Å²) in [7, 11) is 0. The Balaban J connectivity index is 2.02. The highest BCUT2D eigenvalue weighted by molar-refractivity contribution is 6.30. The smallest absolute Gasteiger partial charge is 0.429 e. The third kappa shape index (κ3) is 1.78. The summed E-state index contributed by atoms with van der Waals surface area (Å²) in [6, 6.07) is 9.09. The molecule has 0 fully saturated rings. The molecule has 0 saturated heterocycles. The predicted molar refractivity (Wildman–Crippen MR) is 84.7 cm³/mol. The number of nitrogens with zero attached hydrogens (tertiary/aromatic N) is 3. The van der Waals surface area contributed by atoms with Crippen molar-refractivity contribution in [2.24, 2.45) is 0 Å². The van der Waals surface area contributed by atoms with Crippen molar-refractivity contribution in [2.45, 2.75) is 6.54 Å². The normalized spacial score (nSPS) is 21.3. The van der Waals surface area contributed by atoms with Crippen molar-refractivity contribution in [3.05, 3.63) is 78.6 Å². The predicted octanol–water partition coefficient (Wildman–Crippen LogP) is 3.99. The van der Waals surface area contributed by atoms with Gasteiger partial charge < -0.3 is 5.21 Å². The number of hydrogen-bond acceptors (Lipinski definition) is 4. The Hall–Kier alpha value is -2.61. The number of fused-ring (bicyclic) bond motifs is 4. The Morgan fingerprint density at radius 1 is 1.26 bits per heavy atom. The third-order valence-electron chi connectivity index (χ3n) is 4.13. The number of benzene rings is 2. The zero-order valence-corrected chi connectivity index (χ0v) is 12.4. The van der Waals surface area contributed by atoms with Gasteiger partial charge in [0.05, 0.1) is 11.0 Å². The van der Waals surface area contributed by atoms with Gasteiger partial charge in [0.2, 0.25) is 0 Å². The first-order valence-electron chi connectivity index (χ1n) is 6.77. The van der Waals surface area contributed by atoms with Crippen molar-refractivity contribution in [2.75, 3.05) is 0 Å². The van der Waals surface area contributed by atoms with E-state index in [9.17, 15) is 20.2 Å². The maximum Gasteiger partial charge on any atom is 0.429 e. The summed E-state index contributed by atoms with van der Waals surface area (Å²) in [6.45, 7) is -0.113. The van der Waals surface area contributed by atoms with Crippen LogP contribution in [0.4, 0.5) is 17.1 Å². The van der Waals surface area contributed by atoms with Crippen LogP contribution in [0.5, 0.6) is 0 Å². The number of hydroxylamine groups is 2. The quantitative estimate of drug-likeness (QED) is 0.260. The Labute approximate surface area is 134 Å². The molecule has 2 aliphatic rings. The largest absolute Gasteiger partial charge is 0.617 e. The average molecular weight is 331 g/mol. The standard InChI is InChI=1S/C15H9ClN3O4/c16-11-5-4-9-7-14-17(20)12-2-1-3-13(18(21)22)15(12)19(14,23)8-10(9)6-11/h1-7H,8H2/q+1. The molecule has 0 saturated carbocycles. The summed E-state index contributed by atoms with van der Waals surface area (Å²) in [5, 5.41) is 25.1. The van der Waals surface area contributed by atoms with E-state index in [1.165, 1.54) is 24.3 Å². The minimum Gasteiger partial charge on any atom is -0.617 e. The number of halogens is 1. The molecule has 2 aromatic rings. The second-order valence-corrected chi connectivity index (χ2v) is 5.88. The zero-order chi connectivity index (χ0) is 16.4. The van der Waals surface area contributed by atoms with Crippen LogP contribution >= 0.6 is 11.6 Å². The van der Waals surface area contributed by atoms with E-state index in [0.717, 1.165) is 0 Å². The number of para-hydroxylation sites is 1. The molecule has 114 valence electrons. The van der Waals surface area contributed by atoms with Crippen molar-refractivity contribution in [3.63, 3.8) is 0 Å². The lowest BCUT2D eigenvalue weighted by Gasteiger charge is -2.34. The van der Waals surface area contributed by atoms with Gasteiger partial charge in [-0.15, -0.1) is 0 Å². The highest BCUT2D eigenvalue weighted by Gasteiger charge is 2.58. The fourth-order valence-electron chi connectivity index (χ4n) is 3.14. The van der Waals surface area contributed by atoms with Crippen LogP contribution in [0.15, 0.2) is 42.2 Å². The minimum atomic E-state index is -1.18. The zero-order valence-electron chi connectivity index (χ0n) is 11.6. The molecule has 7 nitrogen and oxygen atoms in total. The van der Waals surface area contributed by atoms with Gasteiger partial charge in [-0.2, -0.15) is 0 Å². The molecule has 0 N–H and O–H groups in total. The molecule has 2 aromatic carbocycles. The molecule has 2 heterocycles. The summed E-state index contributed by atoms with van der Waals surface area (Å²) in [5.74, 6) is -0.0795. The number of quaternary nitrogens is 1. The van der Waals surface area contributed by atoms with Gasteiger partial charge in [0, 0.05) is 27.6 Å². The molecule has 1 atom stereocenters. The molecule has 0 aliphatic carbocycles. The molecule has 0 bridgehead atoms. The maximum absolute atomic E-state index is 13.4. The second kappa shape index (κ2) is 4.45. The van der Waals surface area contributed by atoms with Gasteiger partial charge >= 0.3 is 17.2 Å². The van der Waals surface area contributed by atoms with Crippen LogP contribution in [-0.4, -0.2) is 9.68 Å². The molecular weight excluding hydrogens is 322 g/mol. The fraction of sp³-hybridized carbons (Fsp3) is 0.0667. The maximum atomic E-state index is 13.4. The molecule has 0 amide bonds. The average Bonchev–Trinajstić information content (AvgIpc) is 2.73. The summed E-state index contributed by atoms with van der Waals surface area (Å²) >= 11 is 5.97. The second-order valence-electron chi connectivity index (χ2n) is 5.44. The molecule has 8 heteroatoms. The first-order valence-corrected chi connectivity index (χ1v) is 7.14. The Kier molecular flexibility index (Phi) is 2.71. The molecule has 1 unspecified atom stereocenters. The number of rotatable bonds is 1. The molecule has 0 aromatic heterocycles. The van der Waals surface area contributed by atoms with Gasteiger partial charge in [0.15, 0.2) is 0 Å². The summed E-state index contributed by atoms with van der Waals surface area (Å²) < 4.78 is -0.698. The lowest BCUT2D eigenvalue weighted by molar-refractivity contribution is -0.410. The van der Waals surface area contributed by atoms with Gasteiger partial charge in [-0.05, 0) is 23.8 Å². The first-order chi connectivity index (χ1) is 10.9. The Bertz CT molecular complexity index is 940. The molecule has 0 radical (unpaired) electrons. The van der Waals surface area contributed by atoms with Gasteiger partial charge in [0.1, 0.15) is 11.3 Å². The van der Waals surface area contributed by atoms with Crippen LogP contribution in [0.25, 0.3) is 6.08 Å². The Morgan fingerprint density at radius 3 is 2.78 bits per heavy atom. The first kappa shape index (κ1) is 14.0. The number of nitro benzene ring substituents is 1. The van der Waals surface area contributed by atoms with E-state index < -0.39 is 9.57 Å². The van der Waals surface area contributed by atoms with Crippen molar-refractivity contribution in [3.8, 4) is 0 Å². The van der Waals surface area contributed by atoms with Crippen molar-refractivity contribution in [1.82, 2.24) is 4.65 Å².